The number of hydrogen-bond acceptors (Lipinski definition) is 3. The Labute approximate surface area is 89.3 Å². The fourth-order valence-electron chi connectivity index (χ4n) is 3.03. The summed E-state index contributed by atoms with van der Waals surface area (Å²) in [6, 6.07) is 0. The molecule has 3 fully saturated rings. The highest BCUT2D eigenvalue weighted by Gasteiger charge is 2.58. The third-order valence-electron chi connectivity index (χ3n) is 4.20. The van der Waals surface area contributed by atoms with Crippen LogP contribution in [0.2, 0.25) is 0 Å². The minimum atomic E-state index is -0.768. The maximum absolute atomic E-state index is 11.1. The van der Waals surface area contributed by atoms with Gasteiger partial charge in [-0.25, -0.2) is 0 Å². The summed E-state index contributed by atoms with van der Waals surface area (Å²) in [6.45, 7) is 4.38. The number of carbonyl (C=O) groups is 1. The second-order valence-corrected chi connectivity index (χ2v) is 5.13. The second-order valence-electron chi connectivity index (χ2n) is 5.13. The standard InChI is InChI=1S/C11H17NO3/c1-11(2)6-4-7(10(13)14)9(12-15-3)8(11)5-6/h6-8H,4-5H2,1-3H3,(H,13,14)/b12-9-. The molecule has 0 spiro atoms. The van der Waals surface area contributed by atoms with Crippen LogP contribution in [0.4, 0.5) is 0 Å². The van der Waals surface area contributed by atoms with Gasteiger partial charge in [-0.15, -0.1) is 0 Å². The summed E-state index contributed by atoms with van der Waals surface area (Å²) >= 11 is 0. The molecule has 3 saturated carbocycles. The SMILES string of the molecule is CO/N=C1/C(C(=O)O)CC2CC1C2(C)C. The Balaban J connectivity index is 2.28. The van der Waals surface area contributed by atoms with Gasteiger partial charge < -0.3 is 9.94 Å². The highest BCUT2D eigenvalue weighted by Crippen LogP contribution is 2.59. The Morgan fingerprint density at radius 1 is 1.53 bits per heavy atom. The van der Waals surface area contributed by atoms with E-state index < -0.39 is 11.9 Å². The molecule has 4 heteroatoms. The lowest BCUT2D eigenvalue weighted by Gasteiger charge is -2.58. The molecule has 0 radical (unpaired) electrons. The fraction of sp³-hybridized carbons (Fsp3) is 0.818. The molecule has 4 nitrogen and oxygen atoms in total. The van der Waals surface area contributed by atoms with E-state index in [1.54, 1.807) is 0 Å². The van der Waals surface area contributed by atoms with E-state index in [-0.39, 0.29) is 11.3 Å². The molecular formula is C11H17NO3. The first-order valence-electron chi connectivity index (χ1n) is 5.32. The van der Waals surface area contributed by atoms with Crippen LogP contribution in [0.5, 0.6) is 0 Å². The van der Waals surface area contributed by atoms with Crippen molar-refractivity contribution in [1.82, 2.24) is 0 Å². The van der Waals surface area contributed by atoms with E-state index in [1.807, 2.05) is 0 Å². The van der Waals surface area contributed by atoms with E-state index in [9.17, 15) is 4.79 Å². The minimum Gasteiger partial charge on any atom is -0.481 e. The van der Waals surface area contributed by atoms with Crippen LogP contribution in [0.1, 0.15) is 26.7 Å². The quantitative estimate of drug-likeness (QED) is 0.708. The van der Waals surface area contributed by atoms with Crippen LogP contribution in [0.25, 0.3) is 0 Å². The van der Waals surface area contributed by atoms with Crippen molar-refractivity contribution in [2.24, 2.45) is 28.3 Å². The van der Waals surface area contributed by atoms with Gasteiger partial charge in [0.15, 0.2) is 0 Å². The van der Waals surface area contributed by atoms with Crippen LogP contribution >= 0.6 is 0 Å². The molecule has 0 aromatic carbocycles. The van der Waals surface area contributed by atoms with Gasteiger partial charge in [0, 0.05) is 5.92 Å². The predicted molar refractivity (Wildman–Crippen MR) is 55.6 cm³/mol. The molecule has 0 aliphatic heterocycles. The van der Waals surface area contributed by atoms with E-state index in [2.05, 4.69) is 19.0 Å². The van der Waals surface area contributed by atoms with Gasteiger partial charge in [0.1, 0.15) is 7.11 Å². The van der Waals surface area contributed by atoms with Crippen molar-refractivity contribution in [2.45, 2.75) is 26.7 Å². The molecular weight excluding hydrogens is 194 g/mol. The molecule has 0 aromatic heterocycles. The largest absolute Gasteiger partial charge is 0.481 e. The number of rotatable bonds is 2. The van der Waals surface area contributed by atoms with Gasteiger partial charge in [-0.1, -0.05) is 19.0 Å². The zero-order valence-electron chi connectivity index (χ0n) is 9.36. The van der Waals surface area contributed by atoms with Crippen molar-refractivity contribution < 1.29 is 14.7 Å². The molecule has 1 N–H and O–H groups in total. The van der Waals surface area contributed by atoms with Crippen molar-refractivity contribution in [3.05, 3.63) is 0 Å². The van der Waals surface area contributed by atoms with Crippen molar-refractivity contribution in [2.75, 3.05) is 7.11 Å². The first-order chi connectivity index (χ1) is 6.98. The Kier molecular flexibility index (Phi) is 2.24. The topological polar surface area (TPSA) is 58.9 Å². The number of nitrogens with zero attached hydrogens (tertiary/aromatic N) is 1. The number of oxime groups is 1. The van der Waals surface area contributed by atoms with Crippen molar-refractivity contribution in [3.8, 4) is 0 Å². The van der Waals surface area contributed by atoms with E-state index in [1.165, 1.54) is 7.11 Å². The molecule has 0 aromatic rings. The summed E-state index contributed by atoms with van der Waals surface area (Å²) in [7, 11) is 1.48. The Hall–Kier alpha value is -1.06. The van der Waals surface area contributed by atoms with Gasteiger partial charge >= 0.3 is 5.97 Å². The average Bonchev–Trinajstić information content (AvgIpc) is 2.17. The van der Waals surface area contributed by atoms with E-state index in [4.69, 9.17) is 9.94 Å². The molecule has 2 bridgehead atoms. The Bertz CT molecular complexity index is 322. The molecule has 15 heavy (non-hydrogen) atoms. The number of fused-ring (bicyclic) bond motifs is 2. The Morgan fingerprint density at radius 2 is 2.20 bits per heavy atom. The van der Waals surface area contributed by atoms with Gasteiger partial charge in [-0.3, -0.25) is 4.79 Å². The molecule has 0 amide bonds. The Morgan fingerprint density at radius 3 is 2.67 bits per heavy atom. The lowest BCUT2D eigenvalue weighted by molar-refractivity contribution is -0.143. The molecule has 3 rings (SSSR count). The lowest BCUT2D eigenvalue weighted by Crippen LogP contribution is -2.57. The number of carboxylic acid groups (broad SMARTS) is 1. The highest BCUT2D eigenvalue weighted by molar-refractivity contribution is 6.04. The molecule has 3 atom stereocenters. The summed E-state index contributed by atoms with van der Waals surface area (Å²) < 4.78 is 0. The third-order valence-corrected chi connectivity index (χ3v) is 4.20. The lowest BCUT2D eigenvalue weighted by atomic mass is 9.46. The van der Waals surface area contributed by atoms with E-state index >= 15 is 0 Å². The summed E-state index contributed by atoms with van der Waals surface area (Å²) in [4.78, 5) is 15.9. The molecule has 3 aliphatic rings. The molecule has 0 saturated heterocycles. The van der Waals surface area contributed by atoms with Gasteiger partial charge in [0.05, 0.1) is 11.6 Å². The molecule has 3 unspecified atom stereocenters. The van der Waals surface area contributed by atoms with Crippen LogP contribution in [-0.4, -0.2) is 23.9 Å². The summed E-state index contributed by atoms with van der Waals surface area (Å²) in [5.74, 6) is -0.380. The minimum absolute atomic E-state index is 0.198. The average molecular weight is 211 g/mol. The summed E-state index contributed by atoms with van der Waals surface area (Å²) in [5.41, 5.74) is 0.932. The van der Waals surface area contributed by atoms with Gasteiger partial charge in [0.25, 0.3) is 0 Å². The van der Waals surface area contributed by atoms with Crippen LogP contribution in [0, 0.1) is 23.2 Å². The molecule has 3 aliphatic carbocycles. The zero-order chi connectivity index (χ0) is 11.2. The smallest absolute Gasteiger partial charge is 0.312 e. The first-order valence-corrected chi connectivity index (χ1v) is 5.32. The van der Waals surface area contributed by atoms with Crippen molar-refractivity contribution in [1.29, 1.82) is 0 Å². The van der Waals surface area contributed by atoms with E-state index in [0.717, 1.165) is 12.1 Å². The van der Waals surface area contributed by atoms with Gasteiger partial charge in [-0.2, -0.15) is 0 Å². The third kappa shape index (κ3) is 1.34. The summed E-state index contributed by atoms with van der Waals surface area (Å²) in [5, 5.41) is 13.0. The number of aliphatic carboxylic acids is 1. The predicted octanol–water partition coefficient (Wildman–Crippen LogP) is 1.76. The first kappa shape index (κ1) is 10.5. The monoisotopic (exact) mass is 211 g/mol. The van der Waals surface area contributed by atoms with Gasteiger partial charge in [0.2, 0.25) is 0 Å². The van der Waals surface area contributed by atoms with Crippen molar-refractivity contribution >= 4 is 11.7 Å². The van der Waals surface area contributed by atoms with Crippen LogP contribution in [0.3, 0.4) is 0 Å². The second kappa shape index (κ2) is 3.22. The molecule has 0 heterocycles. The maximum atomic E-state index is 11.1. The zero-order valence-corrected chi connectivity index (χ0v) is 9.36. The number of hydrogen-bond donors (Lipinski definition) is 1. The summed E-state index contributed by atoms with van der Waals surface area (Å²) in [6.07, 6.45) is 1.78. The highest BCUT2D eigenvalue weighted by atomic mass is 16.6. The number of carboxylic acids is 1. The fourth-order valence-corrected chi connectivity index (χ4v) is 3.03. The maximum Gasteiger partial charge on any atom is 0.312 e. The molecule has 84 valence electrons. The van der Waals surface area contributed by atoms with E-state index in [0.29, 0.717) is 12.3 Å². The van der Waals surface area contributed by atoms with Crippen LogP contribution in [0.15, 0.2) is 5.16 Å². The normalized spacial score (nSPS) is 39.7. The van der Waals surface area contributed by atoms with Crippen LogP contribution in [-0.2, 0) is 9.63 Å². The van der Waals surface area contributed by atoms with Crippen LogP contribution < -0.4 is 0 Å². The van der Waals surface area contributed by atoms with Gasteiger partial charge in [-0.05, 0) is 24.2 Å². The van der Waals surface area contributed by atoms with Crippen molar-refractivity contribution in [3.63, 3.8) is 0 Å².